The van der Waals surface area contributed by atoms with Crippen LogP contribution in [0.15, 0.2) is 146 Å². The molecule has 5 aromatic rings. The predicted octanol–water partition coefficient (Wildman–Crippen LogP) is 10.2. The summed E-state index contributed by atoms with van der Waals surface area (Å²) in [7, 11) is 0. The monoisotopic (exact) mass is 495 g/mol. The Bertz CT molecular complexity index is 1340. The maximum absolute atomic E-state index is 6.11. The summed E-state index contributed by atoms with van der Waals surface area (Å²) in [6.07, 6.45) is 5.10. The van der Waals surface area contributed by atoms with Gasteiger partial charge in [0.15, 0.2) is 0 Å². The van der Waals surface area contributed by atoms with Gasteiger partial charge in [-0.05, 0) is 77.9 Å². The first kappa shape index (κ1) is 25.1. The van der Waals surface area contributed by atoms with Gasteiger partial charge >= 0.3 is 0 Å². The van der Waals surface area contributed by atoms with E-state index in [1.165, 1.54) is 22.3 Å². The molecule has 0 heterocycles. The third-order valence-electron chi connectivity index (χ3n) is 6.61. The Morgan fingerprint density at radius 2 is 1.05 bits per heavy atom. The van der Waals surface area contributed by atoms with Crippen LogP contribution in [-0.4, -0.2) is 6.61 Å². The van der Waals surface area contributed by atoms with Crippen molar-refractivity contribution in [3.05, 3.63) is 146 Å². The summed E-state index contributed by atoms with van der Waals surface area (Å²) in [5.41, 5.74) is 8.08. The van der Waals surface area contributed by atoms with Crippen molar-refractivity contribution in [1.82, 2.24) is 0 Å². The van der Waals surface area contributed by atoms with Gasteiger partial charge < -0.3 is 9.64 Å². The number of allylic oxidation sites excluding steroid dienone is 1. The second kappa shape index (κ2) is 12.6. The lowest BCUT2D eigenvalue weighted by atomic mass is 10.0. The molecule has 5 rings (SSSR count). The molecule has 38 heavy (non-hydrogen) atoms. The van der Waals surface area contributed by atoms with E-state index < -0.39 is 0 Å². The lowest BCUT2D eigenvalue weighted by Crippen LogP contribution is -2.10. The Balaban J connectivity index is 1.46. The van der Waals surface area contributed by atoms with Crippen LogP contribution >= 0.6 is 0 Å². The highest BCUT2D eigenvalue weighted by atomic mass is 16.5. The van der Waals surface area contributed by atoms with E-state index in [0.717, 1.165) is 42.1 Å². The van der Waals surface area contributed by atoms with Crippen molar-refractivity contribution in [3.8, 4) is 28.0 Å². The summed E-state index contributed by atoms with van der Waals surface area (Å²) >= 11 is 0. The van der Waals surface area contributed by atoms with E-state index in [4.69, 9.17) is 4.74 Å². The summed E-state index contributed by atoms with van der Waals surface area (Å²) in [4.78, 5) is 2.29. The van der Waals surface area contributed by atoms with Crippen molar-refractivity contribution in [2.45, 2.75) is 19.3 Å². The fourth-order valence-electron chi connectivity index (χ4n) is 4.61. The van der Waals surface area contributed by atoms with Crippen molar-refractivity contribution in [3.63, 3.8) is 0 Å². The Labute approximate surface area is 226 Å². The molecule has 0 radical (unpaired) electrons. The summed E-state index contributed by atoms with van der Waals surface area (Å²) < 4.78 is 6.11. The van der Waals surface area contributed by atoms with Crippen LogP contribution < -0.4 is 9.64 Å². The number of hydrogen-bond acceptors (Lipinski definition) is 2. The molecule has 0 bridgehead atoms. The fourth-order valence-corrected chi connectivity index (χ4v) is 4.61. The van der Waals surface area contributed by atoms with E-state index in [9.17, 15) is 0 Å². The normalized spacial score (nSPS) is 10.6. The first-order valence-corrected chi connectivity index (χ1v) is 13.3. The molecule has 0 aliphatic heterocycles. The molecule has 188 valence electrons. The van der Waals surface area contributed by atoms with E-state index >= 15 is 0 Å². The Hall–Kier alpha value is -4.56. The molecule has 0 unspecified atom stereocenters. The van der Waals surface area contributed by atoms with E-state index in [-0.39, 0.29) is 0 Å². The second-order valence-electron chi connectivity index (χ2n) is 9.29. The molecule has 0 atom stereocenters. The average molecular weight is 496 g/mol. The molecular formula is C36H33NO. The van der Waals surface area contributed by atoms with Crippen molar-refractivity contribution in [1.29, 1.82) is 0 Å². The lowest BCUT2D eigenvalue weighted by Gasteiger charge is -2.26. The van der Waals surface area contributed by atoms with Gasteiger partial charge in [0, 0.05) is 23.1 Å². The van der Waals surface area contributed by atoms with Crippen LogP contribution in [0.2, 0.25) is 0 Å². The molecule has 2 heteroatoms. The van der Waals surface area contributed by atoms with Gasteiger partial charge in [0.2, 0.25) is 0 Å². The zero-order chi connectivity index (χ0) is 26.0. The highest BCUT2D eigenvalue weighted by Gasteiger charge is 2.14. The van der Waals surface area contributed by atoms with Gasteiger partial charge in [-0.15, -0.1) is 6.58 Å². The smallest absolute Gasteiger partial charge is 0.121 e. The van der Waals surface area contributed by atoms with Crippen molar-refractivity contribution < 1.29 is 4.74 Å². The molecule has 0 aromatic heterocycles. The Morgan fingerprint density at radius 1 is 0.526 bits per heavy atom. The zero-order valence-corrected chi connectivity index (χ0v) is 21.7. The topological polar surface area (TPSA) is 12.5 Å². The van der Waals surface area contributed by atoms with Gasteiger partial charge in [0.05, 0.1) is 6.61 Å². The van der Waals surface area contributed by atoms with Crippen molar-refractivity contribution in [2.24, 2.45) is 0 Å². The SMILES string of the molecule is C=CCCCCOc1cccc(N(c2ccc(-c3ccccc3)cc2)c2ccc(-c3ccccc3)cc2)c1. The van der Waals surface area contributed by atoms with Crippen LogP contribution in [0.4, 0.5) is 17.1 Å². The van der Waals surface area contributed by atoms with E-state index in [0.29, 0.717) is 6.61 Å². The molecule has 0 fully saturated rings. The van der Waals surface area contributed by atoms with Crippen LogP contribution in [0, 0.1) is 0 Å². The maximum atomic E-state index is 6.11. The average Bonchev–Trinajstić information content (AvgIpc) is 2.99. The van der Waals surface area contributed by atoms with Crippen molar-refractivity contribution >= 4 is 17.1 Å². The highest BCUT2D eigenvalue weighted by Crippen LogP contribution is 2.38. The molecule has 0 spiro atoms. The van der Waals surface area contributed by atoms with Crippen LogP contribution in [0.25, 0.3) is 22.3 Å². The number of rotatable bonds is 11. The van der Waals surface area contributed by atoms with Gasteiger partial charge in [0.25, 0.3) is 0 Å². The number of anilines is 3. The van der Waals surface area contributed by atoms with Crippen LogP contribution in [0.3, 0.4) is 0 Å². The van der Waals surface area contributed by atoms with Gasteiger partial charge in [0.1, 0.15) is 5.75 Å². The summed E-state index contributed by atoms with van der Waals surface area (Å²) in [5, 5.41) is 0. The molecule has 0 N–H and O–H groups in total. The van der Waals surface area contributed by atoms with Gasteiger partial charge in [-0.3, -0.25) is 0 Å². The highest BCUT2D eigenvalue weighted by molar-refractivity contribution is 5.80. The zero-order valence-electron chi connectivity index (χ0n) is 21.7. The van der Waals surface area contributed by atoms with Gasteiger partial charge in [-0.1, -0.05) is 97.1 Å². The lowest BCUT2D eigenvalue weighted by molar-refractivity contribution is 0.307. The number of nitrogens with zero attached hydrogens (tertiary/aromatic N) is 1. The Kier molecular flexibility index (Phi) is 8.33. The minimum atomic E-state index is 0.703. The van der Waals surface area contributed by atoms with Crippen LogP contribution in [-0.2, 0) is 0 Å². The molecule has 5 aromatic carbocycles. The van der Waals surface area contributed by atoms with Gasteiger partial charge in [-0.25, -0.2) is 0 Å². The molecule has 0 amide bonds. The summed E-state index contributed by atoms with van der Waals surface area (Å²) in [6.45, 7) is 4.51. The number of unbranched alkanes of at least 4 members (excludes halogenated alkanes) is 2. The van der Waals surface area contributed by atoms with E-state index in [1.807, 2.05) is 24.3 Å². The van der Waals surface area contributed by atoms with E-state index in [1.54, 1.807) is 0 Å². The third-order valence-corrected chi connectivity index (χ3v) is 6.61. The first-order valence-electron chi connectivity index (χ1n) is 13.3. The number of ether oxygens (including phenoxy) is 1. The quantitative estimate of drug-likeness (QED) is 0.133. The van der Waals surface area contributed by atoms with Crippen LogP contribution in [0.1, 0.15) is 19.3 Å². The van der Waals surface area contributed by atoms with Crippen LogP contribution in [0.5, 0.6) is 5.75 Å². The minimum absolute atomic E-state index is 0.703. The molecule has 2 nitrogen and oxygen atoms in total. The predicted molar refractivity (Wildman–Crippen MR) is 162 cm³/mol. The van der Waals surface area contributed by atoms with Gasteiger partial charge in [-0.2, -0.15) is 0 Å². The standard InChI is InChI=1S/C36H33NO/c1-2-3-4-11-27-38-36-18-12-17-35(28-36)37(33-23-19-31(20-24-33)29-13-7-5-8-14-29)34-25-21-32(22-26-34)30-15-9-6-10-16-30/h2,5-10,12-26,28H,1,3-4,11,27H2. The second-order valence-corrected chi connectivity index (χ2v) is 9.29. The first-order chi connectivity index (χ1) is 18.8. The van der Waals surface area contributed by atoms with Crippen molar-refractivity contribution in [2.75, 3.05) is 11.5 Å². The fraction of sp³-hybridized carbons (Fsp3) is 0.111. The summed E-state index contributed by atoms with van der Waals surface area (Å²) in [6, 6.07) is 46.9. The number of benzene rings is 5. The third kappa shape index (κ3) is 6.22. The minimum Gasteiger partial charge on any atom is -0.494 e. The number of hydrogen-bond donors (Lipinski definition) is 0. The van der Waals surface area contributed by atoms with E-state index in [2.05, 4.69) is 127 Å². The molecule has 0 aliphatic rings. The molecule has 0 aliphatic carbocycles. The Morgan fingerprint density at radius 3 is 1.58 bits per heavy atom. The molecule has 0 saturated heterocycles. The largest absolute Gasteiger partial charge is 0.494 e. The molecular weight excluding hydrogens is 462 g/mol. The summed E-state index contributed by atoms with van der Waals surface area (Å²) in [5.74, 6) is 0.882. The molecule has 0 saturated carbocycles. The maximum Gasteiger partial charge on any atom is 0.121 e.